The summed E-state index contributed by atoms with van der Waals surface area (Å²) in [4.78, 5) is 24.1. The largest absolute Gasteiger partial charge is 0.492 e. The lowest BCUT2D eigenvalue weighted by Gasteiger charge is -2.08. The number of amides is 1. The molecule has 194 valence electrons. The molecule has 0 spiro atoms. The smallest absolute Gasteiger partial charge is 0.311 e. The Morgan fingerprint density at radius 1 is 0.842 bits per heavy atom. The minimum atomic E-state index is -0.387. The van der Waals surface area contributed by atoms with Gasteiger partial charge in [-0.25, -0.2) is 5.43 Å². The van der Waals surface area contributed by atoms with E-state index in [1.54, 1.807) is 42.5 Å². The van der Waals surface area contributed by atoms with Crippen molar-refractivity contribution in [2.75, 3.05) is 13.2 Å². The molecular formula is C29H24Cl2N2O5. The zero-order valence-corrected chi connectivity index (χ0v) is 21.7. The highest BCUT2D eigenvalue weighted by atomic mass is 35.5. The van der Waals surface area contributed by atoms with Crippen LogP contribution in [0.1, 0.15) is 18.4 Å². The summed E-state index contributed by atoms with van der Waals surface area (Å²) in [5.74, 6) is 0.751. The van der Waals surface area contributed by atoms with Gasteiger partial charge in [-0.15, -0.1) is 0 Å². The van der Waals surface area contributed by atoms with Crippen molar-refractivity contribution in [3.05, 3.63) is 101 Å². The summed E-state index contributed by atoms with van der Waals surface area (Å²) in [5.41, 5.74) is 3.14. The van der Waals surface area contributed by atoms with Gasteiger partial charge in [0.15, 0.2) is 6.61 Å². The number of carbonyl (C=O) groups excluding carboxylic acids is 2. The summed E-state index contributed by atoms with van der Waals surface area (Å²) in [5, 5.41) is 7.01. The van der Waals surface area contributed by atoms with Crippen molar-refractivity contribution in [2.45, 2.75) is 12.8 Å². The molecule has 0 heterocycles. The Morgan fingerprint density at radius 2 is 1.61 bits per heavy atom. The van der Waals surface area contributed by atoms with Crippen LogP contribution in [0.4, 0.5) is 0 Å². The van der Waals surface area contributed by atoms with E-state index in [4.69, 9.17) is 37.4 Å². The first-order valence-corrected chi connectivity index (χ1v) is 12.5. The summed E-state index contributed by atoms with van der Waals surface area (Å²) in [6, 6.07) is 25.2. The van der Waals surface area contributed by atoms with E-state index in [0.717, 1.165) is 10.8 Å². The predicted octanol–water partition coefficient (Wildman–Crippen LogP) is 6.44. The van der Waals surface area contributed by atoms with Crippen molar-refractivity contribution >= 4 is 52.1 Å². The van der Waals surface area contributed by atoms with Crippen LogP contribution < -0.4 is 19.6 Å². The van der Waals surface area contributed by atoms with Crippen molar-refractivity contribution in [3.63, 3.8) is 0 Å². The maximum Gasteiger partial charge on any atom is 0.311 e. The number of fused-ring (bicyclic) bond motifs is 1. The fourth-order valence-corrected chi connectivity index (χ4v) is 3.88. The maximum atomic E-state index is 12.1. The number of hydrogen-bond donors (Lipinski definition) is 1. The highest BCUT2D eigenvalue weighted by molar-refractivity contribution is 6.35. The lowest BCUT2D eigenvalue weighted by molar-refractivity contribution is -0.134. The lowest BCUT2D eigenvalue weighted by Crippen LogP contribution is -2.24. The van der Waals surface area contributed by atoms with Crippen LogP contribution in [-0.4, -0.2) is 31.3 Å². The second-order valence-electron chi connectivity index (χ2n) is 8.16. The third kappa shape index (κ3) is 8.23. The molecule has 1 amide bonds. The monoisotopic (exact) mass is 550 g/mol. The molecule has 1 N–H and O–H groups in total. The molecule has 0 unspecified atom stereocenters. The summed E-state index contributed by atoms with van der Waals surface area (Å²) >= 11 is 11.9. The Labute approximate surface area is 229 Å². The molecule has 0 atom stereocenters. The summed E-state index contributed by atoms with van der Waals surface area (Å²) in [6.45, 7) is 0.146. The number of esters is 1. The summed E-state index contributed by atoms with van der Waals surface area (Å²) < 4.78 is 16.4. The van der Waals surface area contributed by atoms with E-state index in [1.807, 2.05) is 42.5 Å². The molecule has 0 aliphatic rings. The SMILES string of the molecule is O=C(COc1ccc2ccccc2c1)NN=Cc1ccc(OC(=O)CCCOc2ccc(Cl)cc2Cl)cc1. The van der Waals surface area contributed by atoms with Gasteiger partial charge in [-0.1, -0.05) is 53.5 Å². The number of hydrazone groups is 1. The van der Waals surface area contributed by atoms with Crippen molar-refractivity contribution in [2.24, 2.45) is 5.10 Å². The average Bonchev–Trinajstić information content (AvgIpc) is 2.92. The van der Waals surface area contributed by atoms with Gasteiger partial charge in [0, 0.05) is 11.4 Å². The van der Waals surface area contributed by atoms with E-state index in [9.17, 15) is 9.59 Å². The Kier molecular flexibility index (Phi) is 9.56. The van der Waals surface area contributed by atoms with E-state index in [1.165, 1.54) is 6.21 Å². The molecule has 4 aromatic rings. The fraction of sp³-hybridized carbons (Fsp3) is 0.138. The number of carbonyl (C=O) groups is 2. The van der Waals surface area contributed by atoms with Crippen LogP contribution in [0.3, 0.4) is 0 Å². The molecule has 0 saturated carbocycles. The number of rotatable bonds is 11. The van der Waals surface area contributed by atoms with Crippen molar-refractivity contribution < 1.29 is 23.8 Å². The highest BCUT2D eigenvalue weighted by Crippen LogP contribution is 2.27. The number of benzene rings is 4. The number of halogens is 2. The number of nitrogens with one attached hydrogen (secondary N) is 1. The molecule has 0 saturated heterocycles. The van der Waals surface area contributed by atoms with Gasteiger partial charge in [-0.3, -0.25) is 9.59 Å². The number of hydrogen-bond acceptors (Lipinski definition) is 6. The quantitative estimate of drug-likeness (QED) is 0.0763. The van der Waals surface area contributed by atoms with Crippen molar-refractivity contribution in [3.8, 4) is 17.2 Å². The second-order valence-corrected chi connectivity index (χ2v) is 9.00. The van der Waals surface area contributed by atoms with Gasteiger partial charge >= 0.3 is 5.97 Å². The van der Waals surface area contributed by atoms with Crippen LogP contribution in [0.15, 0.2) is 90.0 Å². The van der Waals surface area contributed by atoms with Gasteiger partial charge in [-0.05, 0) is 77.4 Å². The lowest BCUT2D eigenvalue weighted by atomic mass is 10.1. The first-order valence-electron chi connectivity index (χ1n) is 11.8. The Morgan fingerprint density at radius 3 is 2.39 bits per heavy atom. The van der Waals surface area contributed by atoms with E-state index in [0.29, 0.717) is 45.9 Å². The second kappa shape index (κ2) is 13.5. The van der Waals surface area contributed by atoms with Gasteiger partial charge in [0.1, 0.15) is 17.2 Å². The molecule has 0 aliphatic heterocycles. The van der Waals surface area contributed by atoms with Crippen LogP contribution in [0.5, 0.6) is 17.2 Å². The molecular weight excluding hydrogens is 527 g/mol. The first kappa shape index (κ1) is 27.0. The third-order valence-corrected chi connectivity index (χ3v) is 5.81. The Balaban J connectivity index is 1.14. The fourth-order valence-electron chi connectivity index (χ4n) is 3.41. The highest BCUT2D eigenvalue weighted by Gasteiger charge is 2.07. The molecule has 4 aromatic carbocycles. The van der Waals surface area contributed by atoms with Crippen LogP contribution in [0, 0.1) is 0 Å². The van der Waals surface area contributed by atoms with Crippen LogP contribution in [0.2, 0.25) is 10.0 Å². The van der Waals surface area contributed by atoms with Crippen LogP contribution >= 0.6 is 23.2 Å². The van der Waals surface area contributed by atoms with E-state index in [-0.39, 0.29) is 24.9 Å². The summed E-state index contributed by atoms with van der Waals surface area (Å²) in [7, 11) is 0. The van der Waals surface area contributed by atoms with Gasteiger partial charge in [-0.2, -0.15) is 5.10 Å². The average molecular weight is 551 g/mol. The zero-order valence-electron chi connectivity index (χ0n) is 20.2. The number of ether oxygens (including phenoxy) is 3. The van der Waals surface area contributed by atoms with Gasteiger partial charge in [0.2, 0.25) is 0 Å². The minimum absolute atomic E-state index is 0.164. The first-order chi connectivity index (χ1) is 18.5. The van der Waals surface area contributed by atoms with Gasteiger partial charge in [0.25, 0.3) is 5.91 Å². The predicted molar refractivity (Wildman–Crippen MR) is 148 cm³/mol. The molecule has 0 radical (unpaired) electrons. The Hall–Kier alpha value is -4.07. The molecule has 0 bridgehead atoms. The molecule has 4 rings (SSSR count). The van der Waals surface area contributed by atoms with E-state index in [2.05, 4.69) is 10.5 Å². The summed E-state index contributed by atoms with van der Waals surface area (Å²) in [6.07, 6.45) is 2.13. The number of nitrogens with zero attached hydrogens (tertiary/aromatic N) is 1. The maximum absolute atomic E-state index is 12.1. The van der Waals surface area contributed by atoms with Gasteiger partial charge < -0.3 is 14.2 Å². The topological polar surface area (TPSA) is 86.2 Å². The molecule has 9 heteroatoms. The molecule has 38 heavy (non-hydrogen) atoms. The van der Waals surface area contributed by atoms with E-state index >= 15 is 0 Å². The Bertz CT molecular complexity index is 1440. The van der Waals surface area contributed by atoms with Crippen LogP contribution in [-0.2, 0) is 9.59 Å². The molecule has 0 fully saturated rings. The molecule has 0 aromatic heterocycles. The minimum Gasteiger partial charge on any atom is -0.492 e. The standard InChI is InChI=1S/C29H24Cl2N2O5/c30-23-10-14-27(26(31)17-23)36-15-3-6-29(35)38-24-11-7-20(8-12-24)18-32-33-28(34)19-37-25-13-9-21-4-1-2-5-22(21)16-25/h1-2,4-5,7-14,16-18H,3,6,15,19H2,(H,33,34). The van der Waals surface area contributed by atoms with Crippen molar-refractivity contribution in [1.29, 1.82) is 0 Å². The van der Waals surface area contributed by atoms with E-state index < -0.39 is 0 Å². The molecule has 7 nitrogen and oxygen atoms in total. The van der Waals surface area contributed by atoms with Crippen molar-refractivity contribution in [1.82, 2.24) is 5.43 Å². The zero-order chi connectivity index (χ0) is 26.7. The van der Waals surface area contributed by atoms with Crippen LogP contribution in [0.25, 0.3) is 10.8 Å². The third-order valence-electron chi connectivity index (χ3n) is 5.28. The normalized spacial score (nSPS) is 10.9. The molecule has 0 aliphatic carbocycles. The van der Waals surface area contributed by atoms with Gasteiger partial charge in [0.05, 0.1) is 17.8 Å².